The van der Waals surface area contributed by atoms with Gasteiger partial charge in [-0.2, -0.15) is 4.98 Å². The molecule has 0 unspecified atom stereocenters. The van der Waals surface area contributed by atoms with Crippen molar-refractivity contribution >= 4 is 46.1 Å². The summed E-state index contributed by atoms with van der Waals surface area (Å²) in [6.45, 7) is 10.4. The van der Waals surface area contributed by atoms with Crippen LogP contribution in [-0.4, -0.2) is 66.3 Å². The number of halogens is 2. The zero-order valence-electron chi connectivity index (χ0n) is 23.3. The van der Waals surface area contributed by atoms with Crippen molar-refractivity contribution in [3.05, 3.63) is 44.4 Å². The van der Waals surface area contributed by atoms with Gasteiger partial charge in [0.05, 0.1) is 27.5 Å². The molecule has 1 saturated heterocycles. The minimum absolute atomic E-state index is 0.105. The van der Waals surface area contributed by atoms with Crippen molar-refractivity contribution in [2.75, 3.05) is 18.0 Å². The van der Waals surface area contributed by atoms with Crippen molar-refractivity contribution in [2.24, 2.45) is 0 Å². The van der Waals surface area contributed by atoms with Crippen LogP contribution in [0.3, 0.4) is 0 Å². The molecule has 3 aromatic heterocycles. The van der Waals surface area contributed by atoms with Gasteiger partial charge in [-0.15, -0.1) is 0 Å². The standard InChI is InChI=1S/C28H33Cl2N7O3/c1-14-12-36(27(39)40-28(3,4)5)15(2)11-35(14)24-18-10-19(29)23(30)33-25(18)37(26(38)34-24)22-20(16-6-7-16)31-13-32-21(22)17-8-9-17/h10,13-17H,6-9,11-12H2,1-5H3/t14-,15+/m0/s1. The maximum atomic E-state index is 14.0. The van der Waals surface area contributed by atoms with Crippen molar-refractivity contribution in [3.63, 3.8) is 0 Å². The predicted molar refractivity (Wildman–Crippen MR) is 154 cm³/mol. The number of aromatic nitrogens is 5. The molecule has 0 radical (unpaired) electrons. The molecule has 0 N–H and O–H groups in total. The number of pyridine rings is 1. The van der Waals surface area contributed by atoms with Gasteiger partial charge in [-0.25, -0.2) is 29.1 Å². The maximum absolute atomic E-state index is 14.0. The molecule has 0 bridgehead atoms. The average molecular weight is 587 g/mol. The van der Waals surface area contributed by atoms with E-state index >= 15 is 0 Å². The Morgan fingerprint density at radius 1 is 0.975 bits per heavy atom. The largest absolute Gasteiger partial charge is 0.444 e. The molecule has 2 atom stereocenters. The fourth-order valence-electron chi connectivity index (χ4n) is 5.45. The van der Waals surface area contributed by atoms with Crippen molar-refractivity contribution < 1.29 is 9.53 Å². The van der Waals surface area contributed by atoms with Crippen LogP contribution in [0.2, 0.25) is 10.2 Å². The molecule has 1 amide bonds. The Hall–Kier alpha value is -2.98. The number of rotatable bonds is 4. The first-order chi connectivity index (χ1) is 18.9. The lowest BCUT2D eigenvalue weighted by atomic mass is 10.1. The van der Waals surface area contributed by atoms with Gasteiger partial charge in [0.2, 0.25) is 0 Å². The van der Waals surface area contributed by atoms with E-state index in [0.29, 0.717) is 35.6 Å². The van der Waals surface area contributed by atoms with E-state index in [0.717, 1.165) is 37.1 Å². The number of anilines is 1. The minimum Gasteiger partial charge on any atom is -0.444 e. The molecular formula is C28H33Cl2N7O3. The molecule has 0 spiro atoms. The normalized spacial score (nSPS) is 21.7. The van der Waals surface area contributed by atoms with Gasteiger partial charge in [0.1, 0.15) is 22.9 Å². The molecule has 2 saturated carbocycles. The number of nitrogens with zero attached hydrogens (tertiary/aromatic N) is 7. The number of hydrogen-bond acceptors (Lipinski definition) is 8. The lowest BCUT2D eigenvalue weighted by Gasteiger charge is -2.44. The van der Waals surface area contributed by atoms with E-state index in [9.17, 15) is 9.59 Å². The van der Waals surface area contributed by atoms with Crippen molar-refractivity contribution in [2.45, 2.75) is 89.8 Å². The topological polar surface area (TPSA) is 106 Å². The van der Waals surface area contributed by atoms with Crippen LogP contribution in [0, 0.1) is 0 Å². The van der Waals surface area contributed by atoms with Gasteiger partial charge in [0.25, 0.3) is 0 Å². The summed E-state index contributed by atoms with van der Waals surface area (Å²) in [5.41, 5.74) is 1.70. The Kier molecular flexibility index (Phi) is 6.69. The molecule has 3 aromatic rings. The Morgan fingerprint density at radius 2 is 1.60 bits per heavy atom. The zero-order valence-corrected chi connectivity index (χ0v) is 24.8. The highest BCUT2D eigenvalue weighted by atomic mass is 35.5. The third-order valence-corrected chi connectivity index (χ3v) is 8.35. The van der Waals surface area contributed by atoms with Crippen LogP contribution < -0.4 is 10.6 Å². The molecule has 2 aliphatic carbocycles. The zero-order chi connectivity index (χ0) is 28.5. The molecule has 40 heavy (non-hydrogen) atoms. The first kappa shape index (κ1) is 27.2. The number of ether oxygens (including phenoxy) is 1. The van der Waals surface area contributed by atoms with Crippen LogP contribution in [0.1, 0.15) is 83.5 Å². The van der Waals surface area contributed by atoms with Gasteiger partial charge in [-0.1, -0.05) is 23.2 Å². The lowest BCUT2D eigenvalue weighted by molar-refractivity contribution is 0.0130. The highest BCUT2D eigenvalue weighted by Gasteiger charge is 2.38. The SMILES string of the molecule is C[C@@H]1CN(c2nc(=O)n(-c3c(C4CC4)ncnc3C3CC3)c3nc(Cl)c(Cl)cc23)[C@@H](C)CN1C(=O)OC(C)(C)C. The van der Waals surface area contributed by atoms with E-state index in [1.165, 1.54) is 4.57 Å². The summed E-state index contributed by atoms with van der Waals surface area (Å²) in [4.78, 5) is 49.1. The van der Waals surface area contributed by atoms with E-state index in [2.05, 4.69) is 19.9 Å². The van der Waals surface area contributed by atoms with Crippen LogP contribution in [0.15, 0.2) is 17.2 Å². The molecule has 6 rings (SSSR count). The van der Waals surface area contributed by atoms with Gasteiger partial charge in [-0.05, 0) is 66.4 Å². The number of carbonyl (C=O) groups excluding carboxylic acids is 1. The monoisotopic (exact) mass is 585 g/mol. The van der Waals surface area contributed by atoms with Gasteiger partial charge < -0.3 is 14.5 Å². The average Bonchev–Trinajstić information content (AvgIpc) is 3.78. The van der Waals surface area contributed by atoms with Crippen molar-refractivity contribution in [3.8, 4) is 5.69 Å². The van der Waals surface area contributed by atoms with E-state index in [-0.39, 0.29) is 40.2 Å². The summed E-state index contributed by atoms with van der Waals surface area (Å²) in [6.07, 6.45) is 5.31. The van der Waals surface area contributed by atoms with Crippen molar-refractivity contribution in [1.82, 2.24) is 29.4 Å². The van der Waals surface area contributed by atoms with Crippen LogP contribution in [0.25, 0.3) is 16.7 Å². The smallest absolute Gasteiger partial charge is 0.410 e. The van der Waals surface area contributed by atoms with E-state index in [4.69, 9.17) is 27.9 Å². The minimum atomic E-state index is -0.596. The molecule has 10 nitrogen and oxygen atoms in total. The van der Waals surface area contributed by atoms with E-state index in [1.807, 2.05) is 39.5 Å². The second kappa shape index (κ2) is 9.83. The third kappa shape index (κ3) is 5.00. The maximum Gasteiger partial charge on any atom is 0.410 e. The van der Waals surface area contributed by atoms with Crippen LogP contribution in [0.5, 0.6) is 0 Å². The molecule has 212 valence electrons. The second-order valence-corrected chi connectivity index (χ2v) is 13.0. The molecule has 1 aliphatic heterocycles. The van der Waals surface area contributed by atoms with Gasteiger partial charge >= 0.3 is 11.8 Å². The van der Waals surface area contributed by atoms with Crippen LogP contribution >= 0.6 is 23.2 Å². The number of fused-ring (bicyclic) bond motifs is 1. The van der Waals surface area contributed by atoms with Gasteiger partial charge in [-0.3, -0.25) is 0 Å². The van der Waals surface area contributed by atoms with Crippen LogP contribution in [0.4, 0.5) is 10.6 Å². The van der Waals surface area contributed by atoms with Gasteiger partial charge in [0.15, 0.2) is 5.65 Å². The molecule has 0 aromatic carbocycles. The molecular weight excluding hydrogens is 553 g/mol. The van der Waals surface area contributed by atoms with Crippen LogP contribution in [-0.2, 0) is 4.74 Å². The Labute approximate surface area is 242 Å². The number of carbonyl (C=O) groups is 1. The highest BCUT2D eigenvalue weighted by molar-refractivity contribution is 6.41. The highest BCUT2D eigenvalue weighted by Crippen LogP contribution is 2.47. The fourth-order valence-corrected chi connectivity index (χ4v) is 5.73. The predicted octanol–water partition coefficient (Wildman–Crippen LogP) is 5.47. The Balaban J connectivity index is 1.48. The first-order valence-corrected chi connectivity index (χ1v) is 14.6. The summed E-state index contributed by atoms with van der Waals surface area (Å²) in [5, 5.41) is 0.976. The quantitative estimate of drug-likeness (QED) is 0.371. The Morgan fingerprint density at radius 3 is 2.17 bits per heavy atom. The fraction of sp³-hybridized carbons (Fsp3) is 0.571. The number of piperazine rings is 1. The molecule has 3 fully saturated rings. The van der Waals surface area contributed by atoms with Gasteiger partial charge in [0, 0.05) is 37.0 Å². The van der Waals surface area contributed by atoms with Crippen molar-refractivity contribution in [1.29, 1.82) is 0 Å². The van der Waals surface area contributed by atoms with E-state index < -0.39 is 11.3 Å². The summed E-state index contributed by atoms with van der Waals surface area (Å²) in [7, 11) is 0. The Bertz CT molecular complexity index is 1530. The molecule has 12 heteroatoms. The lowest BCUT2D eigenvalue weighted by Crippen LogP contribution is -2.59. The number of hydrogen-bond donors (Lipinski definition) is 0. The summed E-state index contributed by atoms with van der Waals surface area (Å²) >= 11 is 12.9. The molecule has 4 heterocycles. The summed E-state index contributed by atoms with van der Waals surface area (Å²) < 4.78 is 7.17. The van der Waals surface area contributed by atoms with E-state index in [1.54, 1.807) is 17.3 Å². The first-order valence-electron chi connectivity index (χ1n) is 13.8. The number of amides is 1. The summed E-state index contributed by atoms with van der Waals surface area (Å²) in [5.74, 6) is 1.02. The summed E-state index contributed by atoms with van der Waals surface area (Å²) in [6, 6.07) is 1.37. The third-order valence-electron chi connectivity index (χ3n) is 7.68. The second-order valence-electron chi connectivity index (χ2n) is 12.2. The molecule has 3 aliphatic rings.